The van der Waals surface area contributed by atoms with Crippen LogP contribution in [0.4, 0.5) is 9.59 Å². The molecule has 184 valence electrons. The second-order valence-electron chi connectivity index (χ2n) is 11.5. The van der Waals surface area contributed by atoms with E-state index in [1.807, 2.05) is 51.1 Å². The number of fused-ring (bicyclic) bond motifs is 2. The van der Waals surface area contributed by atoms with Crippen LogP contribution in [0.25, 0.3) is 0 Å². The van der Waals surface area contributed by atoms with Gasteiger partial charge in [-0.2, -0.15) is 5.06 Å². The summed E-state index contributed by atoms with van der Waals surface area (Å²) in [6, 6.07) is 9.28. The van der Waals surface area contributed by atoms with Gasteiger partial charge < -0.3 is 14.5 Å². The fraction of sp³-hybridized carbons (Fsp3) is 0.654. The predicted octanol–water partition coefficient (Wildman–Crippen LogP) is 3.99. The molecule has 34 heavy (non-hydrogen) atoms. The maximum absolute atomic E-state index is 13.1. The average Bonchev–Trinajstić information content (AvgIpc) is 2.96. The molecule has 8 heteroatoms. The van der Waals surface area contributed by atoms with Crippen molar-refractivity contribution >= 4 is 17.9 Å². The smallest absolute Gasteiger partial charge is 0.410 e. The van der Waals surface area contributed by atoms with Gasteiger partial charge in [-0.1, -0.05) is 30.3 Å². The molecule has 2 bridgehead atoms. The van der Waals surface area contributed by atoms with Crippen LogP contribution in [0.3, 0.4) is 0 Å². The number of rotatable bonds is 6. The zero-order valence-corrected chi connectivity index (χ0v) is 20.4. The lowest BCUT2D eigenvalue weighted by Crippen LogP contribution is -2.64. The first-order chi connectivity index (χ1) is 16.1. The Kier molecular flexibility index (Phi) is 5.82. The maximum Gasteiger partial charge on any atom is 0.410 e. The van der Waals surface area contributed by atoms with E-state index in [9.17, 15) is 14.4 Å². The molecule has 1 aliphatic carbocycles. The minimum Gasteiger partial charge on any atom is -0.444 e. The van der Waals surface area contributed by atoms with E-state index in [2.05, 4.69) is 0 Å². The van der Waals surface area contributed by atoms with Gasteiger partial charge in [-0.15, -0.1) is 0 Å². The van der Waals surface area contributed by atoms with Gasteiger partial charge in [0.15, 0.2) is 5.78 Å². The van der Waals surface area contributed by atoms with Crippen LogP contribution in [0.1, 0.15) is 58.4 Å². The van der Waals surface area contributed by atoms with Gasteiger partial charge in [0.1, 0.15) is 12.2 Å². The molecule has 1 aromatic rings. The van der Waals surface area contributed by atoms with E-state index in [4.69, 9.17) is 9.57 Å². The van der Waals surface area contributed by atoms with Crippen LogP contribution < -0.4 is 0 Å². The summed E-state index contributed by atoms with van der Waals surface area (Å²) < 4.78 is 5.44. The number of piperidine rings is 1. The van der Waals surface area contributed by atoms with Gasteiger partial charge >= 0.3 is 12.1 Å². The Balaban J connectivity index is 1.08. The van der Waals surface area contributed by atoms with Gasteiger partial charge in [-0.3, -0.25) is 9.63 Å². The molecule has 3 saturated heterocycles. The fourth-order valence-electron chi connectivity index (χ4n) is 6.06. The van der Waals surface area contributed by atoms with Crippen LogP contribution in [0.15, 0.2) is 30.3 Å². The lowest BCUT2D eigenvalue weighted by atomic mass is 9.56. The number of benzene rings is 1. The molecular weight excluding hydrogens is 434 g/mol. The van der Waals surface area contributed by atoms with Gasteiger partial charge in [0, 0.05) is 31.5 Å². The molecule has 5 rings (SSSR count). The van der Waals surface area contributed by atoms with Crippen LogP contribution in [-0.4, -0.2) is 70.1 Å². The van der Waals surface area contributed by atoms with Crippen LogP contribution in [-0.2, 0) is 21.0 Å². The molecular formula is C26H35N3O5. The molecule has 0 N–H and O–H groups in total. The third-order valence-corrected chi connectivity index (χ3v) is 7.55. The number of urea groups is 1. The Bertz CT molecular complexity index is 945. The number of likely N-dealkylation sites (tertiary alicyclic amines) is 1. The standard InChI is InChI=1S/C26H35N3O5/c1-25(2,3)34-24(32)27-16-26(17-27)12-19(13-26)11-22(30)21-10-9-20-14-28(21)23(31)29(20)33-15-18-7-5-4-6-8-18/h4-8,19-21H,9-17H2,1-3H3/t20-,21-/m1/s1. The summed E-state index contributed by atoms with van der Waals surface area (Å²) in [5.74, 6) is 0.508. The third-order valence-electron chi connectivity index (χ3n) is 7.55. The van der Waals surface area contributed by atoms with Crippen molar-refractivity contribution in [2.45, 2.75) is 77.2 Å². The van der Waals surface area contributed by atoms with Gasteiger partial charge in [0.05, 0.1) is 12.1 Å². The molecule has 3 aliphatic heterocycles. The summed E-state index contributed by atoms with van der Waals surface area (Å²) in [6.45, 7) is 7.96. The molecule has 0 unspecified atom stereocenters. The van der Waals surface area contributed by atoms with Crippen molar-refractivity contribution in [3.63, 3.8) is 0 Å². The summed E-state index contributed by atoms with van der Waals surface area (Å²) >= 11 is 0. The normalized spacial score (nSPS) is 25.9. The first-order valence-electron chi connectivity index (χ1n) is 12.4. The summed E-state index contributed by atoms with van der Waals surface area (Å²) in [5.41, 5.74) is 0.688. The van der Waals surface area contributed by atoms with Crippen molar-refractivity contribution in [1.29, 1.82) is 0 Å². The van der Waals surface area contributed by atoms with E-state index in [0.29, 0.717) is 31.9 Å². The van der Waals surface area contributed by atoms with Crippen LogP contribution in [0.5, 0.6) is 0 Å². The minimum atomic E-state index is -0.484. The third kappa shape index (κ3) is 4.52. The van der Waals surface area contributed by atoms with Crippen LogP contribution in [0.2, 0.25) is 0 Å². The highest BCUT2D eigenvalue weighted by atomic mass is 16.7. The maximum atomic E-state index is 13.1. The lowest BCUT2D eigenvalue weighted by Gasteiger charge is -2.58. The quantitative estimate of drug-likeness (QED) is 0.629. The molecule has 4 fully saturated rings. The first kappa shape index (κ1) is 23.1. The second-order valence-corrected chi connectivity index (χ2v) is 11.5. The molecule has 4 aliphatic rings. The molecule has 2 atom stereocenters. The summed E-state index contributed by atoms with van der Waals surface area (Å²) in [6.07, 6.45) is 3.68. The van der Waals surface area contributed by atoms with E-state index in [0.717, 1.165) is 37.9 Å². The number of ketones is 1. The predicted molar refractivity (Wildman–Crippen MR) is 125 cm³/mol. The fourth-order valence-corrected chi connectivity index (χ4v) is 6.06. The number of carbonyl (C=O) groups is 3. The Labute approximate surface area is 201 Å². The van der Waals surface area contributed by atoms with E-state index >= 15 is 0 Å². The molecule has 1 aromatic carbocycles. The number of amides is 3. The molecule has 8 nitrogen and oxygen atoms in total. The Morgan fingerprint density at radius 2 is 1.79 bits per heavy atom. The number of Topliss-reactive ketones (excluding diaryl/α,β-unsaturated/α-hetero) is 1. The van der Waals surface area contributed by atoms with Gasteiger partial charge in [0.2, 0.25) is 0 Å². The molecule has 1 spiro atoms. The Morgan fingerprint density at radius 3 is 2.47 bits per heavy atom. The number of carbonyl (C=O) groups excluding carboxylic acids is 3. The first-order valence-corrected chi connectivity index (χ1v) is 12.4. The minimum absolute atomic E-state index is 0.0149. The molecule has 0 radical (unpaired) electrons. The topological polar surface area (TPSA) is 79.4 Å². The summed E-state index contributed by atoms with van der Waals surface area (Å²) in [7, 11) is 0. The number of nitrogens with zero attached hydrogens (tertiary/aromatic N) is 3. The highest BCUT2D eigenvalue weighted by Gasteiger charge is 2.55. The van der Waals surface area contributed by atoms with Crippen molar-refractivity contribution in [2.75, 3.05) is 19.6 Å². The zero-order valence-electron chi connectivity index (χ0n) is 20.4. The highest BCUT2D eigenvalue weighted by molar-refractivity contribution is 5.90. The molecule has 0 aromatic heterocycles. The van der Waals surface area contributed by atoms with Crippen molar-refractivity contribution in [3.05, 3.63) is 35.9 Å². The van der Waals surface area contributed by atoms with Crippen LogP contribution >= 0.6 is 0 Å². The highest BCUT2D eigenvalue weighted by Crippen LogP contribution is 2.53. The molecule has 1 saturated carbocycles. The van der Waals surface area contributed by atoms with Crippen molar-refractivity contribution in [2.24, 2.45) is 11.3 Å². The average molecular weight is 470 g/mol. The number of hydrogen-bond acceptors (Lipinski definition) is 5. The SMILES string of the molecule is CC(C)(C)OC(=O)N1CC2(CC(CC(=O)[C@H]3CC[C@@H]4CN3C(=O)N4OCc3ccccc3)C2)C1. The van der Waals surface area contributed by atoms with E-state index in [1.54, 1.807) is 9.80 Å². The van der Waals surface area contributed by atoms with Crippen LogP contribution in [0, 0.1) is 11.3 Å². The summed E-state index contributed by atoms with van der Waals surface area (Å²) in [5, 5.41) is 1.48. The second kappa shape index (κ2) is 8.56. The summed E-state index contributed by atoms with van der Waals surface area (Å²) in [4.78, 5) is 47.6. The Hall–Kier alpha value is -2.61. The number of hydroxylamine groups is 2. The Morgan fingerprint density at radius 1 is 1.09 bits per heavy atom. The monoisotopic (exact) mass is 469 g/mol. The molecule has 3 heterocycles. The van der Waals surface area contributed by atoms with Crippen molar-refractivity contribution < 1.29 is 24.0 Å². The lowest BCUT2D eigenvalue weighted by molar-refractivity contribution is -0.140. The van der Waals surface area contributed by atoms with E-state index < -0.39 is 5.60 Å². The van der Waals surface area contributed by atoms with Crippen molar-refractivity contribution in [3.8, 4) is 0 Å². The molecule has 3 amide bonds. The number of hydrogen-bond donors (Lipinski definition) is 0. The van der Waals surface area contributed by atoms with Gasteiger partial charge in [-0.25, -0.2) is 9.59 Å². The van der Waals surface area contributed by atoms with E-state index in [1.165, 1.54) is 5.06 Å². The van der Waals surface area contributed by atoms with E-state index in [-0.39, 0.29) is 35.4 Å². The van der Waals surface area contributed by atoms with Crippen molar-refractivity contribution in [1.82, 2.24) is 14.9 Å². The van der Waals surface area contributed by atoms with Gasteiger partial charge in [0.25, 0.3) is 0 Å². The van der Waals surface area contributed by atoms with Gasteiger partial charge in [-0.05, 0) is 57.9 Å². The zero-order chi connectivity index (χ0) is 24.1. The largest absolute Gasteiger partial charge is 0.444 e. The number of ether oxygens (including phenoxy) is 1.